The van der Waals surface area contributed by atoms with Crippen LogP contribution in [-0.2, 0) is 25.6 Å². The molecule has 3 atom stereocenters. The first-order chi connectivity index (χ1) is 22.1. The fraction of sp³-hybridized carbons (Fsp3) is 0.611. The highest BCUT2D eigenvalue weighted by Gasteiger charge is 2.47. The molecule has 0 unspecified atom stereocenters. The highest BCUT2D eigenvalue weighted by molar-refractivity contribution is 5.93. The van der Waals surface area contributed by atoms with Crippen LogP contribution in [0.15, 0.2) is 36.4 Å². The number of aliphatic hydroxyl groups excluding tert-OH is 1. The van der Waals surface area contributed by atoms with Crippen molar-refractivity contribution in [2.75, 3.05) is 20.3 Å². The van der Waals surface area contributed by atoms with E-state index in [1.165, 1.54) is 32.4 Å². The average molecular weight is 643 g/mol. The lowest BCUT2D eigenvalue weighted by Gasteiger charge is -2.30. The van der Waals surface area contributed by atoms with Crippen LogP contribution in [0, 0.1) is 17.8 Å². The maximum atomic E-state index is 13.5. The van der Waals surface area contributed by atoms with E-state index in [-0.39, 0.29) is 13.0 Å². The van der Waals surface area contributed by atoms with E-state index in [0.29, 0.717) is 36.4 Å². The van der Waals surface area contributed by atoms with Crippen molar-refractivity contribution in [2.24, 2.45) is 5.92 Å². The van der Waals surface area contributed by atoms with Crippen LogP contribution in [0.1, 0.15) is 103 Å². The van der Waals surface area contributed by atoms with Crippen molar-refractivity contribution in [1.82, 2.24) is 10.6 Å². The van der Waals surface area contributed by atoms with Gasteiger partial charge < -0.3 is 30.7 Å². The molecule has 0 fully saturated rings. The highest BCUT2D eigenvalue weighted by Crippen LogP contribution is 2.25. The lowest BCUT2D eigenvalue weighted by atomic mass is 9.83. The average Bonchev–Trinajstić information content (AvgIpc) is 3.04. The number of hydrogen-bond donors (Lipinski definition) is 5. The topological polar surface area (TPSA) is 162 Å². The van der Waals surface area contributed by atoms with Gasteiger partial charge in [0.1, 0.15) is 24.2 Å². The fourth-order valence-corrected chi connectivity index (χ4v) is 5.04. The number of carboxylic acids is 1. The van der Waals surface area contributed by atoms with Crippen molar-refractivity contribution in [3.05, 3.63) is 42.0 Å². The first-order valence-corrected chi connectivity index (χ1v) is 16.5. The summed E-state index contributed by atoms with van der Waals surface area (Å²) in [5.41, 5.74) is -1.87. The molecular formula is C36H54N2O8. The van der Waals surface area contributed by atoms with Gasteiger partial charge in [0.25, 0.3) is 0 Å². The summed E-state index contributed by atoms with van der Waals surface area (Å²) in [5.74, 6) is 1.88. The van der Waals surface area contributed by atoms with Gasteiger partial charge in [0.2, 0.25) is 11.8 Å². The van der Waals surface area contributed by atoms with Gasteiger partial charge in [-0.2, -0.15) is 0 Å². The third-order valence-corrected chi connectivity index (χ3v) is 7.85. The van der Waals surface area contributed by atoms with Gasteiger partial charge in [-0.05, 0) is 50.3 Å². The monoisotopic (exact) mass is 642 g/mol. The van der Waals surface area contributed by atoms with E-state index in [9.17, 15) is 34.5 Å². The van der Waals surface area contributed by atoms with Gasteiger partial charge in [-0.15, -0.1) is 5.92 Å². The van der Waals surface area contributed by atoms with Gasteiger partial charge in [-0.3, -0.25) is 14.4 Å². The standard InChI is InChI=1S/C36H54N2O8/c1-4-6-8-11-14-17-29(40)18-15-12-9-10-13-16-19-31(36(45,24-25-39)35(43)44)33(41)38-32(34(42)37-3)27-28-20-22-30(23-21-28)46-26-7-5-2/h16,19-23,31-32,39,45H,4,6,8-15,17-18,24-27H2,1-3H3,(H,37,42)(H,38,41)(H,43,44)/b19-16+/t31-,32+,36+/m1/s1. The molecule has 1 aromatic rings. The van der Waals surface area contributed by atoms with Crippen LogP contribution in [0.2, 0.25) is 0 Å². The predicted molar refractivity (Wildman–Crippen MR) is 178 cm³/mol. The number of aliphatic hydroxyl groups is 2. The number of carboxylic acid groups (broad SMARTS) is 1. The number of benzene rings is 1. The molecule has 1 rings (SSSR count). The summed E-state index contributed by atoms with van der Waals surface area (Å²) >= 11 is 0. The minimum atomic E-state index is -2.58. The lowest BCUT2D eigenvalue weighted by Crippen LogP contribution is -2.56. The SMILES string of the molecule is CC#CCOc1ccc(C[C@H](NC(=O)[C@@H](/C=C/CCCCCCC(=O)CCCCCCC)[C@@](O)(CCO)C(=O)O)C(=O)NC)cc1. The minimum Gasteiger partial charge on any atom is -0.481 e. The van der Waals surface area contributed by atoms with Gasteiger partial charge in [0.05, 0.1) is 5.92 Å². The molecule has 5 N–H and O–H groups in total. The molecule has 0 heterocycles. The number of allylic oxidation sites excluding steroid dienone is 1. The molecule has 0 spiro atoms. The molecule has 0 saturated carbocycles. The number of amides is 2. The van der Waals surface area contributed by atoms with E-state index < -0.39 is 48.4 Å². The Labute approximate surface area is 274 Å². The zero-order chi connectivity index (χ0) is 34.2. The lowest BCUT2D eigenvalue weighted by molar-refractivity contribution is -0.168. The molecule has 10 heteroatoms. The third-order valence-electron chi connectivity index (χ3n) is 7.85. The van der Waals surface area contributed by atoms with E-state index in [1.807, 2.05) is 0 Å². The number of ketones is 1. The van der Waals surface area contributed by atoms with Crippen LogP contribution < -0.4 is 15.4 Å². The Balaban J connectivity index is 2.82. The molecule has 0 aliphatic heterocycles. The Morgan fingerprint density at radius 2 is 1.59 bits per heavy atom. The van der Waals surface area contributed by atoms with E-state index in [4.69, 9.17) is 4.74 Å². The molecule has 46 heavy (non-hydrogen) atoms. The zero-order valence-corrected chi connectivity index (χ0v) is 27.8. The summed E-state index contributed by atoms with van der Waals surface area (Å²) in [7, 11) is 1.43. The smallest absolute Gasteiger partial charge is 0.336 e. The van der Waals surface area contributed by atoms with E-state index in [0.717, 1.165) is 38.5 Å². The van der Waals surface area contributed by atoms with Gasteiger partial charge in [0.15, 0.2) is 5.60 Å². The number of nitrogens with one attached hydrogen (secondary N) is 2. The molecule has 0 radical (unpaired) electrons. The minimum absolute atomic E-state index is 0.101. The molecule has 2 amide bonds. The normalized spacial score (nSPS) is 13.6. The predicted octanol–water partition coefficient (Wildman–Crippen LogP) is 4.50. The third kappa shape index (κ3) is 15.5. The van der Waals surface area contributed by atoms with Crippen LogP contribution in [-0.4, -0.2) is 70.8 Å². The number of hydrogen-bond acceptors (Lipinski definition) is 7. The van der Waals surface area contributed by atoms with Crippen LogP contribution in [0.5, 0.6) is 5.75 Å². The van der Waals surface area contributed by atoms with Crippen LogP contribution in [0.25, 0.3) is 0 Å². The van der Waals surface area contributed by atoms with Gasteiger partial charge in [-0.25, -0.2) is 4.79 Å². The van der Waals surface area contributed by atoms with Crippen molar-refractivity contribution in [2.45, 2.75) is 115 Å². The van der Waals surface area contributed by atoms with Crippen molar-refractivity contribution in [1.29, 1.82) is 0 Å². The number of unbranched alkanes of at least 4 members (excludes halogenated alkanes) is 8. The molecular weight excluding hydrogens is 588 g/mol. The quantitative estimate of drug-likeness (QED) is 0.0592. The number of aliphatic carboxylic acids is 1. The summed E-state index contributed by atoms with van der Waals surface area (Å²) in [5, 5.41) is 35.5. The summed E-state index contributed by atoms with van der Waals surface area (Å²) in [4.78, 5) is 50.4. The number of carbonyl (C=O) groups is 4. The van der Waals surface area contributed by atoms with Crippen molar-refractivity contribution in [3.63, 3.8) is 0 Å². The fourth-order valence-electron chi connectivity index (χ4n) is 5.04. The number of likely N-dealkylation sites (N-methyl/N-ethyl adjacent to an activating group) is 1. The van der Waals surface area contributed by atoms with Crippen LogP contribution >= 0.6 is 0 Å². The second kappa shape index (κ2) is 23.6. The summed E-state index contributed by atoms with van der Waals surface area (Å²) in [6.45, 7) is 3.46. The van der Waals surface area contributed by atoms with E-state index in [1.54, 1.807) is 37.3 Å². The molecule has 0 aliphatic carbocycles. The zero-order valence-electron chi connectivity index (χ0n) is 27.8. The molecule has 256 valence electrons. The Morgan fingerprint density at radius 1 is 0.957 bits per heavy atom. The van der Waals surface area contributed by atoms with Crippen molar-refractivity contribution < 1.29 is 39.2 Å². The Morgan fingerprint density at radius 3 is 2.15 bits per heavy atom. The Bertz CT molecular complexity index is 1150. The summed E-state index contributed by atoms with van der Waals surface area (Å²) < 4.78 is 5.51. The molecule has 0 bridgehead atoms. The van der Waals surface area contributed by atoms with E-state index >= 15 is 0 Å². The molecule has 0 saturated heterocycles. The van der Waals surface area contributed by atoms with Crippen LogP contribution in [0.4, 0.5) is 0 Å². The van der Waals surface area contributed by atoms with Crippen molar-refractivity contribution in [3.8, 4) is 17.6 Å². The number of rotatable bonds is 25. The maximum absolute atomic E-state index is 13.5. The Kier molecular flexibility index (Phi) is 20.7. The molecule has 0 aliphatic rings. The highest BCUT2D eigenvalue weighted by atomic mass is 16.5. The molecule has 0 aromatic heterocycles. The largest absolute Gasteiger partial charge is 0.481 e. The summed E-state index contributed by atoms with van der Waals surface area (Å²) in [6, 6.07) is 5.88. The molecule has 1 aromatic carbocycles. The number of Topliss-reactive ketones (excluding diaryl/α,β-unsaturated/α-hetero) is 1. The van der Waals surface area contributed by atoms with Gasteiger partial charge >= 0.3 is 5.97 Å². The van der Waals surface area contributed by atoms with Crippen LogP contribution in [0.3, 0.4) is 0 Å². The second-order valence-corrected chi connectivity index (χ2v) is 11.5. The first-order valence-electron chi connectivity index (χ1n) is 16.5. The maximum Gasteiger partial charge on any atom is 0.336 e. The second-order valence-electron chi connectivity index (χ2n) is 11.5. The number of ether oxygens (including phenoxy) is 1. The van der Waals surface area contributed by atoms with Gasteiger partial charge in [0, 0.05) is 39.3 Å². The first kappa shape index (κ1) is 40.3. The van der Waals surface area contributed by atoms with Crippen molar-refractivity contribution >= 4 is 23.6 Å². The summed E-state index contributed by atoms with van der Waals surface area (Å²) in [6.07, 6.45) is 13.2. The number of carbonyl (C=O) groups excluding carboxylic acids is 3. The van der Waals surface area contributed by atoms with Gasteiger partial charge in [-0.1, -0.05) is 75.7 Å². The molecule has 10 nitrogen and oxygen atoms in total. The van der Waals surface area contributed by atoms with E-state index in [2.05, 4.69) is 29.4 Å². The Hall–Kier alpha value is -3.68.